The van der Waals surface area contributed by atoms with Crippen LogP contribution in [0, 0.1) is 5.82 Å². The molecule has 1 N–H and O–H groups in total. The minimum absolute atomic E-state index is 0.0500. The van der Waals surface area contributed by atoms with Gasteiger partial charge in [0.1, 0.15) is 22.1 Å². The minimum Gasteiger partial charge on any atom is -0.483 e. The third-order valence-corrected chi connectivity index (χ3v) is 8.07. The summed E-state index contributed by atoms with van der Waals surface area (Å²) < 4.78 is 26.4. The number of aromatic nitrogens is 3. The zero-order valence-corrected chi connectivity index (χ0v) is 24.6. The van der Waals surface area contributed by atoms with Crippen LogP contribution in [-0.2, 0) is 16.1 Å². The van der Waals surface area contributed by atoms with Crippen molar-refractivity contribution in [1.29, 1.82) is 0 Å². The highest BCUT2D eigenvalue weighted by molar-refractivity contribution is 7.99. The first kappa shape index (κ1) is 29.3. The number of thiophene rings is 1. The second-order valence-electron chi connectivity index (χ2n) is 9.26. The molecule has 0 aliphatic heterocycles. The number of benzene rings is 2. The first-order valence-electron chi connectivity index (χ1n) is 12.8. The van der Waals surface area contributed by atoms with Gasteiger partial charge in [0, 0.05) is 17.5 Å². The zero-order valence-electron chi connectivity index (χ0n) is 22.9. The van der Waals surface area contributed by atoms with Crippen molar-refractivity contribution in [2.45, 2.75) is 51.4 Å². The Kier molecular flexibility index (Phi) is 9.59. The van der Waals surface area contributed by atoms with Crippen molar-refractivity contribution in [3.8, 4) is 16.9 Å². The number of hydrogen-bond acceptors (Lipinski definition) is 8. The van der Waals surface area contributed by atoms with E-state index in [2.05, 4.69) is 41.5 Å². The van der Waals surface area contributed by atoms with Gasteiger partial charge in [0.05, 0.1) is 12.9 Å². The van der Waals surface area contributed by atoms with Crippen LogP contribution in [0.2, 0.25) is 0 Å². The number of hydrogen-bond donors (Lipinski definition) is 1. The molecule has 0 fully saturated rings. The molecule has 0 saturated heterocycles. The van der Waals surface area contributed by atoms with E-state index in [1.54, 1.807) is 17.5 Å². The van der Waals surface area contributed by atoms with E-state index in [1.165, 1.54) is 47.9 Å². The Morgan fingerprint density at radius 2 is 1.77 bits per heavy atom. The molecule has 8 nitrogen and oxygen atoms in total. The molecule has 0 radical (unpaired) electrons. The molecule has 1 amide bonds. The molecule has 40 heavy (non-hydrogen) atoms. The average molecular weight is 583 g/mol. The van der Waals surface area contributed by atoms with Crippen LogP contribution in [0.3, 0.4) is 0 Å². The molecule has 2 heterocycles. The Morgan fingerprint density at radius 3 is 2.40 bits per heavy atom. The molecular formula is C29H31FN4O4S2. The van der Waals surface area contributed by atoms with Crippen LogP contribution >= 0.6 is 23.1 Å². The van der Waals surface area contributed by atoms with Gasteiger partial charge in [0.2, 0.25) is 5.91 Å². The number of carbonyl (C=O) groups excluding carboxylic acids is 2. The van der Waals surface area contributed by atoms with Gasteiger partial charge in [-0.05, 0) is 55.2 Å². The van der Waals surface area contributed by atoms with Gasteiger partial charge in [-0.1, -0.05) is 49.9 Å². The maximum absolute atomic E-state index is 13.4. The highest BCUT2D eigenvalue weighted by atomic mass is 32.2. The lowest BCUT2D eigenvalue weighted by molar-refractivity contribution is -0.113. The Morgan fingerprint density at radius 1 is 1.07 bits per heavy atom. The standard InChI is InChI=1S/C29H31FN4O4S2/c1-6-34-26(18(4)38-22-13-9-19(10-14-22)17(2)3)32-33-29(34)40-16-24(35)31-27-25(28(36)37-5)23(15-39-27)20-7-11-21(30)12-8-20/h7-15,17-18H,6,16H2,1-5H3,(H,31,35). The van der Waals surface area contributed by atoms with Gasteiger partial charge in [0.15, 0.2) is 17.1 Å². The van der Waals surface area contributed by atoms with Crippen molar-refractivity contribution in [2.24, 2.45) is 0 Å². The molecular weight excluding hydrogens is 551 g/mol. The van der Waals surface area contributed by atoms with E-state index in [0.717, 1.165) is 5.75 Å². The van der Waals surface area contributed by atoms with Gasteiger partial charge in [-0.15, -0.1) is 21.5 Å². The third kappa shape index (κ3) is 6.71. The van der Waals surface area contributed by atoms with E-state index in [-0.39, 0.29) is 29.1 Å². The highest BCUT2D eigenvalue weighted by Crippen LogP contribution is 2.36. The van der Waals surface area contributed by atoms with Crippen molar-refractivity contribution >= 4 is 40.0 Å². The van der Waals surface area contributed by atoms with E-state index in [0.29, 0.717) is 39.6 Å². The molecule has 0 bridgehead atoms. The third-order valence-electron chi connectivity index (χ3n) is 6.21. The first-order chi connectivity index (χ1) is 19.2. The van der Waals surface area contributed by atoms with Gasteiger partial charge in [-0.25, -0.2) is 9.18 Å². The normalized spacial score (nSPS) is 11.9. The van der Waals surface area contributed by atoms with Crippen molar-refractivity contribution in [2.75, 3.05) is 18.2 Å². The fraction of sp³-hybridized carbons (Fsp3) is 0.310. The molecule has 210 valence electrons. The molecule has 1 atom stereocenters. The molecule has 0 aliphatic carbocycles. The summed E-state index contributed by atoms with van der Waals surface area (Å²) in [5.41, 5.74) is 2.66. The minimum atomic E-state index is -0.591. The SMILES string of the molecule is CCn1c(SCC(=O)Nc2scc(-c3ccc(F)cc3)c2C(=O)OC)nnc1C(C)Oc1ccc(C(C)C)cc1. The highest BCUT2D eigenvalue weighted by Gasteiger charge is 2.24. The lowest BCUT2D eigenvalue weighted by Crippen LogP contribution is -2.17. The number of ether oxygens (including phenoxy) is 2. The average Bonchev–Trinajstić information content (AvgIpc) is 3.56. The van der Waals surface area contributed by atoms with Crippen LogP contribution in [-0.4, -0.2) is 39.5 Å². The van der Waals surface area contributed by atoms with Crippen LogP contribution < -0.4 is 10.1 Å². The topological polar surface area (TPSA) is 95.3 Å². The summed E-state index contributed by atoms with van der Waals surface area (Å²) >= 11 is 2.44. The lowest BCUT2D eigenvalue weighted by atomic mass is 10.0. The fourth-order valence-corrected chi connectivity index (χ4v) is 5.87. The van der Waals surface area contributed by atoms with Gasteiger partial charge in [-0.2, -0.15) is 0 Å². The molecule has 4 aromatic rings. The molecule has 2 aromatic carbocycles. The van der Waals surface area contributed by atoms with E-state index in [1.807, 2.05) is 30.5 Å². The number of esters is 1. The zero-order chi connectivity index (χ0) is 28.8. The Labute approximate surface area is 240 Å². The fourth-order valence-electron chi connectivity index (χ4n) is 4.08. The van der Waals surface area contributed by atoms with E-state index >= 15 is 0 Å². The van der Waals surface area contributed by atoms with Crippen LogP contribution in [0.1, 0.15) is 61.5 Å². The summed E-state index contributed by atoms with van der Waals surface area (Å²) in [4.78, 5) is 25.5. The monoisotopic (exact) mass is 582 g/mol. The molecule has 0 saturated carbocycles. The molecule has 0 aliphatic rings. The van der Waals surface area contributed by atoms with Crippen molar-refractivity contribution in [3.05, 3.63) is 76.7 Å². The number of methoxy groups -OCH3 is 1. The van der Waals surface area contributed by atoms with Gasteiger partial charge in [-0.3, -0.25) is 4.79 Å². The number of nitrogens with one attached hydrogen (secondary N) is 1. The summed E-state index contributed by atoms with van der Waals surface area (Å²) in [6.07, 6.45) is -0.348. The Bertz CT molecular complexity index is 1470. The lowest BCUT2D eigenvalue weighted by Gasteiger charge is -2.16. The number of carbonyl (C=O) groups is 2. The summed E-state index contributed by atoms with van der Waals surface area (Å²) in [5.74, 6) is 0.607. The van der Waals surface area contributed by atoms with Gasteiger partial charge in [0.25, 0.3) is 0 Å². The van der Waals surface area contributed by atoms with Crippen molar-refractivity contribution < 1.29 is 23.5 Å². The largest absolute Gasteiger partial charge is 0.483 e. The number of halogens is 1. The Balaban J connectivity index is 1.43. The number of anilines is 1. The number of thioether (sulfide) groups is 1. The second-order valence-corrected chi connectivity index (χ2v) is 11.1. The van der Waals surface area contributed by atoms with E-state index in [4.69, 9.17) is 9.47 Å². The van der Waals surface area contributed by atoms with Crippen LogP contribution in [0.15, 0.2) is 59.1 Å². The van der Waals surface area contributed by atoms with E-state index in [9.17, 15) is 14.0 Å². The number of rotatable bonds is 11. The summed E-state index contributed by atoms with van der Waals surface area (Å²) in [5, 5.41) is 14.1. The van der Waals surface area contributed by atoms with Crippen molar-refractivity contribution in [3.63, 3.8) is 0 Å². The smallest absolute Gasteiger partial charge is 0.341 e. The molecule has 0 spiro atoms. The predicted octanol–water partition coefficient (Wildman–Crippen LogP) is 6.95. The van der Waals surface area contributed by atoms with E-state index < -0.39 is 5.97 Å². The maximum atomic E-state index is 13.4. The molecule has 4 rings (SSSR count). The van der Waals surface area contributed by atoms with Gasteiger partial charge >= 0.3 is 5.97 Å². The first-order valence-corrected chi connectivity index (χ1v) is 14.7. The summed E-state index contributed by atoms with van der Waals surface area (Å²) in [6, 6.07) is 13.8. The predicted molar refractivity (Wildman–Crippen MR) is 156 cm³/mol. The van der Waals surface area contributed by atoms with Gasteiger partial charge < -0.3 is 19.4 Å². The van der Waals surface area contributed by atoms with Crippen molar-refractivity contribution in [1.82, 2.24) is 14.8 Å². The molecule has 2 aromatic heterocycles. The number of nitrogens with zero attached hydrogens (tertiary/aromatic N) is 3. The summed E-state index contributed by atoms with van der Waals surface area (Å²) in [6.45, 7) is 8.78. The molecule has 1 unspecified atom stereocenters. The van der Waals surface area contributed by atoms with Crippen LogP contribution in [0.5, 0.6) is 5.75 Å². The number of amides is 1. The Hall–Kier alpha value is -3.70. The molecule has 11 heteroatoms. The summed E-state index contributed by atoms with van der Waals surface area (Å²) in [7, 11) is 1.27. The second kappa shape index (κ2) is 13.1. The maximum Gasteiger partial charge on any atom is 0.341 e. The van der Waals surface area contributed by atoms with Crippen LogP contribution in [0.25, 0.3) is 11.1 Å². The quantitative estimate of drug-likeness (QED) is 0.151. The van der Waals surface area contributed by atoms with Crippen LogP contribution in [0.4, 0.5) is 9.39 Å².